The Morgan fingerprint density at radius 3 is 2.86 bits per heavy atom. The van der Waals surface area contributed by atoms with Gasteiger partial charge in [-0.1, -0.05) is 12.1 Å². The maximum absolute atomic E-state index is 13.6. The van der Waals surface area contributed by atoms with Gasteiger partial charge < -0.3 is 9.30 Å². The van der Waals surface area contributed by atoms with Gasteiger partial charge in [0, 0.05) is 23.6 Å². The number of aromatic nitrogens is 1. The Morgan fingerprint density at radius 2 is 2.05 bits per heavy atom. The Bertz CT molecular complexity index is 782. The monoisotopic (exact) mass is 347 g/mol. The lowest BCUT2D eigenvalue weighted by Gasteiger charge is -2.09. The average molecular weight is 348 g/mol. The molecule has 3 aromatic rings. The summed E-state index contributed by atoms with van der Waals surface area (Å²) in [6.07, 6.45) is 2.01. The van der Waals surface area contributed by atoms with E-state index >= 15 is 0 Å². The fourth-order valence-electron chi connectivity index (χ4n) is 2.43. The van der Waals surface area contributed by atoms with Gasteiger partial charge in [0.1, 0.15) is 11.6 Å². The molecule has 0 saturated carbocycles. The number of nitrogens with zero attached hydrogens (tertiary/aromatic N) is 1. The highest BCUT2D eigenvalue weighted by atomic mass is 79.9. The molecule has 1 heterocycles. The summed E-state index contributed by atoms with van der Waals surface area (Å²) >= 11 is 3.31. The second-order valence-corrected chi connectivity index (χ2v) is 5.60. The molecule has 0 fully saturated rings. The minimum absolute atomic E-state index is 0.234. The molecule has 0 radical (unpaired) electrons. The van der Waals surface area contributed by atoms with E-state index in [1.807, 2.05) is 43.5 Å². The van der Waals surface area contributed by atoms with Crippen molar-refractivity contribution in [3.63, 3.8) is 0 Å². The Balaban J connectivity index is 1.96. The summed E-state index contributed by atoms with van der Waals surface area (Å²) in [5.74, 6) is 0.636. The molecule has 0 bridgehead atoms. The Labute approximate surface area is 131 Å². The summed E-state index contributed by atoms with van der Waals surface area (Å²) in [6, 6.07) is 13.2. The van der Waals surface area contributed by atoms with Gasteiger partial charge >= 0.3 is 0 Å². The summed E-state index contributed by atoms with van der Waals surface area (Å²) < 4.78 is 21.7. The lowest BCUT2D eigenvalue weighted by atomic mass is 10.2. The lowest BCUT2D eigenvalue weighted by Crippen LogP contribution is -2.00. The predicted molar refractivity (Wildman–Crippen MR) is 86.3 cm³/mol. The number of rotatable bonds is 4. The molecule has 0 aliphatic rings. The smallest absolute Gasteiger partial charge is 0.137 e. The predicted octanol–water partition coefficient (Wildman–Crippen LogP) is 4.99. The van der Waals surface area contributed by atoms with Gasteiger partial charge in [-0.05, 0) is 58.7 Å². The Kier molecular flexibility index (Phi) is 3.97. The van der Waals surface area contributed by atoms with Gasteiger partial charge in [0.25, 0.3) is 0 Å². The fraction of sp³-hybridized carbons (Fsp3) is 0.176. The number of halogens is 2. The minimum atomic E-state index is -0.234. The number of hydrogen-bond acceptors (Lipinski definition) is 1. The van der Waals surface area contributed by atoms with Crippen molar-refractivity contribution in [1.29, 1.82) is 0 Å². The van der Waals surface area contributed by atoms with Crippen molar-refractivity contribution in [3.8, 4) is 5.75 Å². The average Bonchev–Trinajstić information content (AvgIpc) is 2.87. The molecule has 0 atom stereocenters. The van der Waals surface area contributed by atoms with Gasteiger partial charge in [-0.3, -0.25) is 0 Å². The first-order valence-electron chi connectivity index (χ1n) is 6.83. The maximum atomic E-state index is 13.6. The van der Waals surface area contributed by atoms with Gasteiger partial charge in [-0.15, -0.1) is 0 Å². The number of fused-ring (bicyclic) bond motifs is 1. The second kappa shape index (κ2) is 5.90. The van der Waals surface area contributed by atoms with Crippen LogP contribution in [0.3, 0.4) is 0 Å². The minimum Gasteiger partial charge on any atom is -0.494 e. The van der Waals surface area contributed by atoms with Crippen LogP contribution in [0.1, 0.15) is 12.5 Å². The van der Waals surface area contributed by atoms with Crippen molar-refractivity contribution < 1.29 is 9.13 Å². The molecule has 0 saturated heterocycles. The first kappa shape index (κ1) is 14.1. The molecular weight excluding hydrogens is 333 g/mol. The van der Waals surface area contributed by atoms with Crippen LogP contribution in [0.2, 0.25) is 0 Å². The van der Waals surface area contributed by atoms with E-state index in [1.54, 1.807) is 6.07 Å². The highest BCUT2D eigenvalue weighted by molar-refractivity contribution is 9.10. The summed E-state index contributed by atoms with van der Waals surface area (Å²) in [6.45, 7) is 3.25. The molecule has 108 valence electrons. The molecule has 0 unspecified atom stereocenters. The van der Waals surface area contributed by atoms with E-state index in [0.717, 1.165) is 22.2 Å². The zero-order valence-electron chi connectivity index (χ0n) is 11.6. The topological polar surface area (TPSA) is 14.2 Å². The first-order valence-corrected chi connectivity index (χ1v) is 7.63. The largest absolute Gasteiger partial charge is 0.494 e. The van der Waals surface area contributed by atoms with Crippen LogP contribution in [0, 0.1) is 5.82 Å². The molecule has 0 amide bonds. The van der Waals surface area contributed by atoms with E-state index in [9.17, 15) is 4.39 Å². The van der Waals surface area contributed by atoms with E-state index in [1.165, 1.54) is 6.07 Å². The van der Waals surface area contributed by atoms with Crippen molar-refractivity contribution in [3.05, 3.63) is 64.5 Å². The Hall–Kier alpha value is -1.81. The number of benzene rings is 2. The summed E-state index contributed by atoms with van der Waals surface area (Å²) in [5.41, 5.74) is 2.02. The van der Waals surface area contributed by atoms with Crippen LogP contribution in [0.4, 0.5) is 4.39 Å². The molecule has 0 spiro atoms. The van der Waals surface area contributed by atoms with Crippen molar-refractivity contribution in [2.75, 3.05) is 6.61 Å². The number of ether oxygens (including phenoxy) is 1. The van der Waals surface area contributed by atoms with Gasteiger partial charge in [-0.2, -0.15) is 0 Å². The first-order chi connectivity index (χ1) is 10.2. The zero-order valence-corrected chi connectivity index (χ0v) is 13.2. The fourth-order valence-corrected chi connectivity index (χ4v) is 2.82. The van der Waals surface area contributed by atoms with Gasteiger partial charge in [0.05, 0.1) is 11.1 Å². The van der Waals surface area contributed by atoms with Crippen molar-refractivity contribution in [2.24, 2.45) is 0 Å². The van der Waals surface area contributed by atoms with Crippen LogP contribution in [-0.4, -0.2) is 11.2 Å². The highest BCUT2D eigenvalue weighted by Gasteiger charge is 2.08. The third-order valence-electron chi connectivity index (χ3n) is 3.43. The molecule has 4 heteroatoms. The highest BCUT2D eigenvalue weighted by Crippen LogP contribution is 2.25. The van der Waals surface area contributed by atoms with Gasteiger partial charge in [-0.25, -0.2) is 4.39 Å². The number of hydrogen-bond donors (Lipinski definition) is 0. The molecule has 0 N–H and O–H groups in total. The van der Waals surface area contributed by atoms with E-state index in [-0.39, 0.29) is 5.82 Å². The standard InChI is InChI=1S/C17H15BrFNO/c1-2-21-14-6-7-16-12(10-14)8-9-20(16)11-13-4-3-5-15(19)17(13)18/h3-10H,2,11H2,1H3. The van der Waals surface area contributed by atoms with Crippen molar-refractivity contribution >= 4 is 26.8 Å². The molecule has 2 aromatic carbocycles. The molecule has 21 heavy (non-hydrogen) atoms. The molecule has 2 nitrogen and oxygen atoms in total. The third kappa shape index (κ3) is 2.81. The molecule has 3 rings (SSSR count). The Morgan fingerprint density at radius 1 is 1.19 bits per heavy atom. The molecule has 0 aliphatic heterocycles. The van der Waals surface area contributed by atoms with E-state index in [2.05, 4.69) is 20.5 Å². The van der Waals surface area contributed by atoms with Crippen molar-refractivity contribution in [1.82, 2.24) is 4.57 Å². The molecule has 0 aliphatic carbocycles. The van der Waals surface area contributed by atoms with Crippen LogP contribution < -0.4 is 4.74 Å². The summed E-state index contributed by atoms with van der Waals surface area (Å²) in [7, 11) is 0. The normalized spacial score (nSPS) is 11.0. The van der Waals surface area contributed by atoms with E-state index in [0.29, 0.717) is 17.6 Å². The van der Waals surface area contributed by atoms with E-state index < -0.39 is 0 Å². The van der Waals surface area contributed by atoms with Gasteiger partial charge in [0.15, 0.2) is 0 Å². The SMILES string of the molecule is CCOc1ccc2c(ccn2Cc2cccc(F)c2Br)c1. The third-order valence-corrected chi connectivity index (χ3v) is 4.31. The molecule has 1 aromatic heterocycles. The van der Waals surface area contributed by atoms with Gasteiger partial charge in [0.2, 0.25) is 0 Å². The zero-order chi connectivity index (χ0) is 14.8. The van der Waals surface area contributed by atoms with Crippen LogP contribution in [0.5, 0.6) is 5.75 Å². The maximum Gasteiger partial charge on any atom is 0.137 e. The van der Waals surface area contributed by atoms with Crippen LogP contribution in [-0.2, 0) is 6.54 Å². The van der Waals surface area contributed by atoms with Crippen molar-refractivity contribution in [2.45, 2.75) is 13.5 Å². The second-order valence-electron chi connectivity index (χ2n) is 4.81. The lowest BCUT2D eigenvalue weighted by molar-refractivity contribution is 0.340. The van der Waals surface area contributed by atoms with Crippen LogP contribution in [0.25, 0.3) is 10.9 Å². The summed E-state index contributed by atoms with van der Waals surface area (Å²) in [5, 5.41) is 1.12. The quantitative estimate of drug-likeness (QED) is 0.648. The van der Waals surface area contributed by atoms with Crippen LogP contribution in [0.15, 0.2) is 53.1 Å². The van der Waals surface area contributed by atoms with Crippen LogP contribution >= 0.6 is 15.9 Å². The van der Waals surface area contributed by atoms with E-state index in [4.69, 9.17) is 4.74 Å². The molecular formula is C17H15BrFNO. The summed E-state index contributed by atoms with van der Waals surface area (Å²) in [4.78, 5) is 0.